The van der Waals surface area contributed by atoms with Gasteiger partial charge in [0.2, 0.25) is 0 Å². The van der Waals surface area contributed by atoms with Crippen molar-refractivity contribution < 1.29 is 9.59 Å². The zero-order valence-electron chi connectivity index (χ0n) is 29.6. The third kappa shape index (κ3) is 5.42. The van der Waals surface area contributed by atoms with Crippen LogP contribution in [0.15, 0.2) is 158 Å². The molecule has 0 spiro atoms. The van der Waals surface area contributed by atoms with Gasteiger partial charge in [-0.3, -0.25) is 9.59 Å². The Balaban J connectivity index is 0.00000203. The number of rotatable bonds is 5. The van der Waals surface area contributed by atoms with E-state index in [1.165, 1.54) is 4.90 Å². The van der Waals surface area contributed by atoms with E-state index in [1.54, 1.807) is 36.4 Å². The van der Waals surface area contributed by atoms with E-state index in [2.05, 4.69) is 28.8 Å². The van der Waals surface area contributed by atoms with E-state index < -0.39 is 5.91 Å². The van der Waals surface area contributed by atoms with Gasteiger partial charge >= 0.3 is 0 Å². The number of aromatic nitrogens is 1. The third-order valence-electron chi connectivity index (χ3n) is 9.80. The molecule has 256 valence electrons. The second-order valence-electron chi connectivity index (χ2n) is 12.7. The number of nitriles is 2. The molecule has 1 aliphatic rings. The maximum Gasteiger partial charge on any atom is 0.268 e. The van der Waals surface area contributed by atoms with Crippen molar-refractivity contribution in [1.29, 1.82) is 10.5 Å². The van der Waals surface area contributed by atoms with Gasteiger partial charge < -0.3 is 4.57 Å². The number of anilines is 1. The molecule has 6 nitrogen and oxygen atoms in total. The molecule has 7 aromatic carbocycles. The fourth-order valence-corrected chi connectivity index (χ4v) is 7.41. The molecule has 8 aromatic rings. The lowest BCUT2D eigenvalue weighted by molar-refractivity contribution is 0.0926. The fourth-order valence-electron chi connectivity index (χ4n) is 7.41. The normalized spacial score (nSPS) is 11.9. The van der Waals surface area contributed by atoms with Gasteiger partial charge in [-0.25, -0.2) is 4.90 Å². The lowest BCUT2D eigenvalue weighted by Crippen LogP contribution is -2.29. The summed E-state index contributed by atoms with van der Waals surface area (Å²) in [4.78, 5) is 30.2. The molecule has 1 aromatic heterocycles. The van der Waals surface area contributed by atoms with Crippen LogP contribution in [0.2, 0.25) is 0 Å². The summed E-state index contributed by atoms with van der Waals surface area (Å²) in [6.45, 7) is 4.00. The number of benzene rings is 7. The van der Waals surface area contributed by atoms with E-state index in [1.807, 2.05) is 123 Å². The second-order valence-corrected chi connectivity index (χ2v) is 12.7. The number of imide groups is 1. The monoisotopic (exact) mass is 696 g/mol. The second kappa shape index (κ2) is 13.9. The highest BCUT2D eigenvalue weighted by atomic mass is 16.2. The predicted molar refractivity (Wildman–Crippen MR) is 215 cm³/mol. The van der Waals surface area contributed by atoms with Gasteiger partial charge in [-0.1, -0.05) is 123 Å². The third-order valence-corrected chi connectivity index (χ3v) is 9.80. The number of amides is 2. The molecule has 0 unspecified atom stereocenters. The summed E-state index contributed by atoms with van der Waals surface area (Å²) in [5.41, 5.74) is 10.1. The molecular weight excluding hydrogens is 665 g/mol. The molecule has 1 aliphatic heterocycles. The minimum absolute atomic E-state index is 0.320. The maximum absolute atomic E-state index is 14.7. The number of hydrogen-bond donors (Lipinski definition) is 0. The minimum Gasteiger partial charge on any atom is -0.307 e. The maximum atomic E-state index is 14.7. The van der Waals surface area contributed by atoms with E-state index in [0.29, 0.717) is 33.6 Å². The summed E-state index contributed by atoms with van der Waals surface area (Å²) in [6, 6.07) is 54.4. The van der Waals surface area contributed by atoms with Gasteiger partial charge in [0.05, 0.1) is 56.8 Å². The molecule has 2 amide bonds. The Morgan fingerprint density at radius 2 is 0.963 bits per heavy atom. The molecule has 0 bridgehead atoms. The smallest absolute Gasteiger partial charge is 0.268 e. The highest BCUT2D eigenvalue weighted by molar-refractivity contribution is 6.36. The van der Waals surface area contributed by atoms with Crippen molar-refractivity contribution in [2.24, 2.45) is 0 Å². The number of carbonyl (C=O) groups is 2. The number of fused-ring (bicyclic) bond motifs is 4. The summed E-state index contributed by atoms with van der Waals surface area (Å²) in [5.74, 6) is -0.782. The Labute approximate surface area is 313 Å². The van der Waals surface area contributed by atoms with Crippen LogP contribution >= 0.6 is 0 Å². The van der Waals surface area contributed by atoms with Gasteiger partial charge in [-0.2, -0.15) is 10.5 Å². The number of para-hydroxylation sites is 2. The zero-order chi connectivity index (χ0) is 37.3. The number of carbonyl (C=O) groups excluding carboxylic acids is 2. The van der Waals surface area contributed by atoms with E-state index in [9.17, 15) is 20.1 Å². The minimum atomic E-state index is -0.400. The molecule has 9 rings (SSSR count). The highest BCUT2D eigenvalue weighted by Gasteiger charge is 2.39. The van der Waals surface area contributed by atoms with Crippen LogP contribution in [-0.2, 0) is 0 Å². The Morgan fingerprint density at radius 1 is 0.463 bits per heavy atom. The molecular formula is C48H32N4O2. The first-order chi connectivity index (χ1) is 26.6. The van der Waals surface area contributed by atoms with Gasteiger partial charge in [0, 0.05) is 21.9 Å². The lowest BCUT2D eigenvalue weighted by Gasteiger charge is -2.17. The average Bonchev–Trinajstić information content (AvgIpc) is 3.72. The van der Waals surface area contributed by atoms with Crippen LogP contribution in [0.4, 0.5) is 5.69 Å². The molecule has 54 heavy (non-hydrogen) atoms. The first-order valence-electron chi connectivity index (χ1n) is 17.8. The molecule has 2 heterocycles. The first-order valence-corrected chi connectivity index (χ1v) is 17.8. The topological polar surface area (TPSA) is 89.9 Å². The average molecular weight is 697 g/mol. The van der Waals surface area contributed by atoms with Crippen LogP contribution in [0.3, 0.4) is 0 Å². The van der Waals surface area contributed by atoms with E-state index in [0.717, 1.165) is 55.2 Å². The van der Waals surface area contributed by atoms with Crippen molar-refractivity contribution in [2.75, 3.05) is 4.90 Å². The van der Waals surface area contributed by atoms with Gasteiger partial charge in [0.1, 0.15) is 0 Å². The molecule has 0 N–H and O–H groups in total. The van der Waals surface area contributed by atoms with Crippen molar-refractivity contribution in [3.63, 3.8) is 0 Å². The van der Waals surface area contributed by atoms with E-state index in [-0.39, 0.29) is 5.91 Å². The van der Waals surface area contributed by atoms with E-state index >= 15 is 0 Å². The lowest BCUT2D eigenvalue weighted by atomic mass is 9.99. The van der Waals surface area contributed by atoms with Crippen LogP contribution in [0.1, 0.15) is 45.7 Å². The Bertz CT molecular complexity index is 2720. The predicted octanol–water partition coefficient (Wildman–Crippen LogP) is 11.4. The summed E-state index contributed by atoms with van der Waals surface area (Å²) in [7, 11) is 0. The Hall–Kier alpha value is -7.54. The van der Waals surface area contributed by atoms with Gasteiger partial charge in [0.25, 0.3) is 11.8 Å². The molecule has 0 radical (unpaired) electrons. The Kier molecular flexibility index (Phi) is 8.64. The molecule has 6 heteroatoms. The number of hydrogen-bond acceptors (Lipinski definition) is 4. The fraction of sp³-hybridized carbons (Fsp3) is 0.0417. The van der Waals surface area contributed by atoms with Gasteiger partial charge in [-0.15, -0.1) is 0 Å². The van der Waals surface area contributed by atoms with Crippen LogP contribution in [0.25, 0.3) is 60.9 Å². The van der Waals surface area contributed by atoms with E-state index in [4.69, 9.17) is 0 Å². The molecule has 0 saturated carbocycles. The number of nitrogens with zero attached hydrogens (tertiary/aromatic N) is 4. The van der Waals surface area contributed by atoms with Crippen molar-refractivity contribution in [3.8, 4) is 51.2 Å². The van der Waals surface area contributed by atoms with Crippen LogP contribution in [0.5, 0.6) is 0 Å². The summed E-state index contributed by atoms with van der Waals surface area (Å²) in [6.07, 6.45) is 0. The Morgan fingerprint density at radius 3 is 1.52 bits per heavy atom. The van der Waals surface area contributed by atoms with Crippen molar-refractivity contribution in [1.82, 2.24) is 4.57 Å². The van der Waals surface area contributed by atoms with Crippen molar-refractivity contribution >= 4 is 39.3 Å². The molecule has 0 fully saturated rings. The van der Waals surface area contributed by atoms with Crippen molar-refractivity contribution in [3.05, 3.63) is 180 Å². The quantitative estimate of drug-likeness (QED) is 0.168. The summed E-state index contributed by atoms with van der Waals surface area (Å²) < 4.78 is 2.11. The van der Waals surface area contributed by atoms with Crippen LogP contribution < -0.4 is 4.90 Å². The van der Waals surface area contributed by atoms with Crippen molar-refractivity contribution in [2.45, 2.75) is 13.8 Å². The first kappa shape index (κ1) is 33.6. The molecule has 0 aliphatic carbocycles. The SMILES string of the molecule is CC.N#Cc1ccc(-c2cccc3c4cccc(-c5ccc(C#N)cc5)c4n(-c4cccc5c4C(=O)N(c4cccc(-c6ccccc6)c4)C5=O)c23)cc1. The summed E-state index contributed by atoms with van der Waals surface area (Å²) in [5, 5.41) is 20.9. The molecule has 0 atom stereocenters. The zero-order valence-corrected chi connectivity index (χ0v) is 29.6. The standard InChI is InChI=1S/C46H26N4O2.C2H6/c47-27-29-18-22-32(23-19-29)36-12-5-14-38-39-15-6-13-37(33-24-20-30(28-48)21-25-33)44(39)50(43(36)38)41-17-7-16-40-42(41)46(52)49(45(40)51)35-11-4-10-34(26-35)31-8-2-1-3-9-31;1-2/h1-26H;1-2H3. The van der Waals surface area contributed by atoms with Crippen LogP contribution in [0, 0.1) is 22.7 Å². The molecule has 0 saturated heterocycles. The summed E-state index contributed by atoms with van der Waals surface area (Å²) >= 11 is 0. The van der Waals surface area contributed by atoms with Gasteiger partial charge in [-0.05, 0) is 70.8 Å². The van der Waals surface area contributed by atoms with Crippen LogP contribution in [-0.4, -0.2) is 16.4 Å². The van der Waals surface area contributed by atoms with Gasteiger partial charge in [0.15, 0.2) is 0 Å². The largest absolute Gasteiger partial charge is 0.307 e. The highest BCUT2D eigenvalue weighted by Crippen LogP contribution is 2.44.